The maximum absolute atomic E-state index is 11.3. The molecule has 1 saturated heterocycles. The molecule has 0 aromatic rings. The quantitative estimate of drug-likeness (QED) is 0.592. The van der Waals surface area contributed by atoms with Gasteiger partial charge in [-0.15, -0.1) is 0 Å². The second-order valence-corrected chi connectivity index (χ2v) is 3.49. The Kier molecular flexibility index (Phi) is 2.92. The van der Waals surface area contributed by atoms with E-state index in [9.17, 15) is 4.79 Å². The summed E-state index contributed by atoms with van der Waals surface area (Å²) in [6, 6.07) is 0.0943. The highest BCUT2D eigenvalue weighted by Crippen LogP contribution is 2.08. The van der Waals surface area contributed by atoms with E-state index in [1.54, 1.807) is 4.90 Å². The molecule has 2 N–H and O–H groups in total. The van der Waals surface area contributed by atoms with Crippen molar-refractivity contribution in [3.8, 4) is 0 Å². The van der Waals surface area contributed by atoms with Gasteiger partial charge in [-0.2, -0.15) is 0 Å². The minimum absolute atomic E-state index is 0.0680. The molecule has 1 aliphatic heterocycles. The van der Waals surface area contributed by atoms with Crippen LogP contribution in [-0.2, 0) is 0 Å². The van der Waals surface area contributed by atoms with E-state index in [4.69, 9.17) is 5.11 Å². The minimum atomic E-state index is -0.331. The molecule has 1 aliphatic rings. The molecule has 0 radical (unpaired) electrons. The molecule has 1 rings (SSSR count). The zero-order valence-corrected chi connectivity index (χ0v) is 7.58. The number of aliphatic hydroxyl groups excluding tert-OH is 1. The number of nitrogens with zero attached hydrogens (tertiary/aromatic N) is 1. The SMILES string of the molecule is CC(C)NC(=O)N1CC[C@@H](O)C1. The summed E-state index contributed by atoms with van der Waals surface area (Å²) in [5.74, 6) is 0. The van der Waals surface area contributed by atoms with Crippen molar-refractivity contribution >= 4 is 6.03 Å². The molecule has 12 heavy (non-hydrogen) atoms. The number of hydrogen-bond acceptors (Lipinski definition) is 2. The fraction of sp³-hybridized carbons (Fsp3) is 0.875. The number of carbonyl (C=O) groups excluding carboxylic acids is 1. The number of aliphatic hydroxyl groups is 1. The van der Waals surface area contributed by atoms with E-state index in [0.29, 0.717) is 19.5 Å². The second-order valence-electron chi connectivity index (χ2n) is 3.49. The Morgan fingerprint density at radius 2 is 2.33 bits per heavy atom. The lowest BCUT2D eigenvalue weighted by Crippen LogP contribution is -2.42. The van der Waals surface area contributed by atoms with Crippen LogP contribution in [-0.4, -0.2) is 41.3 Å². The molecule has 0 bridgehead atoms. The van der Waals surface area contributed by atoms with Crippen molar-refractivity contribution in [3.63, 3.8) is 0 Å². The Morgan fingerprint density at radius 1 is 1.67 bits per heavy atom. The Hall–Kier alpha value is -0.770. The van der Waals surface area contributed by atoms with E-state index in [1.807, 2.05) is 13.8 Å². The summed E-state index contributed by atoms with van der Waals surface area (Å²) in [4.78, 5) is 12.9. The summed E-state index contributed by atoms with van der Waals surface area (Å²) in [6.07, 6.45) is 0.369. The Labute approximate surface area is 72.6 Å². The average Bonchev–Trinajstić information content (AvgIpc) is 2.34. The van der Waals surface area contributed by atoms with Crippen LogP contribution >= 0.6 is 0 Å². The molecule has 1 fully saturated rings. The number of likely N-dealkylation sites (tertiary alicyclic amines) is 1. The molecule has 0 aliphatic carbocycles. The van der Waals surface area contributed by atoms with E-state index < -0.39 is 0 Å². The molecule has 0 saturated carbocycles. The minimum Gasteiger partial charge on any atom is -0.391 e. The van der Waals surface area contributed by atoms with Gasteiger partial charge in [-0.3, -0.25) is 0 Å². The van der Waals surface area contributed by atoms with Gasteiger partial charge in [0, 0.05) is 19.1 Å². The van der Waals surface area contributed by atoms with E-state index in [0.717, 1.165) is 0 Å². The monoisotopic (exact) mass is 172 g/mol. The summed E-state index contributed by atoms with van der Waals surface area (Å²) in [7, 11) is 0. The number of amides is 2. The first kappa shape index (κ1) is 9.32. The lowest BCUT2D eigenvalue weighted by atomic mass is 10.3. The molecular formula is C8H16N2O2. The number of hydrogen-bond donors (Lipinski definition) is 2. The predicted molar refractivity (Wildman–Crippen MR) is 45.9 cm³/mol. The molecule has 0 unspecified atom stereocenters. The highest BCUT2D eigenvalue weighted by atomic mass is 16.3. The normalized spacial score (nSPS) is 23.3. The number of carbonyl (C=O) groups is 1. The van der Waals surface area contributed by atoms with E-state index in [-0.39, 0.29) is 18.2 Å². The van der Waals surface area contributed by atoms with Gasteiger partial charge < -0.3 is 15.3 Å². The highest BCUT2D eigenvalue weighted by Gasteiger charge is 2.24. The molecule has 4 heteroatoms. The van der Waals surface area contributed by atoms with Gasteiger partial charge in [0.25, 0.3) is 0 Å². The van der Waals surface area contributed by atoms with E-state index in [2.05, 4.69) is 5.32 Å². The molecule has 1 atom stereocenters. The van der Waals surface area contributed by atoms with Crippen LogP contribution in [0.25, 0.3) is 0 Å². The van der Waals surface area contributed by atoms with Gasteiger partial charge in [0.15, 0.2) is 0 Å². The zero-order valence-electron chi connectivity index (χ0n) is 7.58. The first-order valence-corrected chi connectivity index (χ1v) is 4.33. The summed E-state index contributed by atoms with van der Waals surface area (Å²) in [5, 5.41) is 11.9. The Morgan fingerprint density at radius 3 is 2.75 bits per heavy atom. The van der Waals surface area contributed by atoms with Crippen LogP contribution in [0.1, 0.15) is 20.3 Å². The number of β-amino-alcohol motifs (C(OH)–C–C–N with tert-alkyl or cyclic N) is 1. The molecular weight excluding hydrogens is 156 g/mol. The van der Waals surface area contributed by atoms with Crippen LogP contribution in [0.15, 0.2) is 0 Å². The van der Waals surface area contributed by atoms with Crippen molar-refractivity contribution < 1.29 is 9.90 Å². The van der Waals surface area contributed by atoms with Crippen molar-refractivity contribution in [2.45, 2.75) is 32.4 Å². The maximum atomic E-state index is 11.3. The third-order valence-corrected chi connectivity index (χ3v) is 1.86. The first-order valence-electron chi connectivity index (χ1n) is 4.33. The predicted octanol–water partition coefficient (Wildman–Crippen LogP) is 0.171. The fourth-order valence-corrected chi connectivity index (χ4v) is 1.26. The van der Waals surface area contributed by atoms with Crippen LogP contribution in [0.3, 0.4) is 0 Å². The van der Waals surface area contributed by atoms with Gasteiger partial charge in [-0.05, 0) is 20.3 Å². The second kappa shape index (κ2) is 3.76. The van der Waals surface area contributed by atoms with Gasteiger partial charge in [0.2, 0.25) is 0 Å². The Balaban J connectivity index is 2.33. The lowest BCUT2D eigenvalue weighted by Gasteiger charge is -2.18. The van der Waals surface area contributed by atoms with Crippen LogP contribution in [0, 0.1) is 0 Å². The third kappa shape index (κ3) is 2.37. The molecule has 0 aromatic heterocycles. The number of nitrogens with one attached hydrogen (secondary N) is 1. The lowest BCUT2D eigenvalue weighted by molar-refractivity contribution is 0.171. The molecule has 4 nitrogen and oxygen atoms in total. The summed E-state index contributed by atoms with van der Waals surface area (Å²) in [6.45, 7) is 4.98. The van der Waals surface area contributed by atoms with Gasteiger partial charge >= 0.3 is 6.03 Å². The highest BCUT2D eigenvalue weighted by molar-refractivity contribution is 5.74. The fourth-order valence-electron chi connectivity index (χ4n) is 1.26. The number of urea groups is 1. The summed E-state index contributed by atoms with van der Waals surface area (Å²) < 4.78 is 0. The molecule has 2 amide bonds. The Bertz CT molecular complexity index is 170. The smallest absolute Gasteiger partial charge is 0.317 e. The molecule has 0 spiro atoms. The van der Waals surface area contributed by atoms with Gasteiger partial charge in [-0.1, -0.05) is 0 Å². The van der Waals surface area contributed by atoms with Crippen LogP contribution in [0.4, 0.5) is 4.79 Å². The van der Waals surface area contributed by atoms with Crippen LogP contribution in [0.2, 0.25) is 0 Å². The largest absolute Gasteiger partial charge is 0.391 e. The molecule has 70 valence electrons. The first-order chi connectivity index (χ1) is 5.59. The molecule has 0 aromatic carbocycles. The van der Waals surface area contributed by atoms with Crippen molar-refractivity contribution in [2.75, 3.05) is 13.1 Å². The number of rotatable bonds is 1. The van der Waals surface area contributed by atoms with Crippen molar-refractivity contribution in [1.82, 2.24) is 10.2 Å². The van der Waals surface area contributed by atoms with Gasteiger partial charge in [-0.25, -0.2) is 4.79 Å². The standard InChI is InChI=1S/C8H16N2O2/c1-6(2)9-8(12)10-4-3-7(11)5-10/h6-7,11H,3-5H2,1-2H3,(H,9,12)/t7-/m1/s1. The van der Waals surface area contributed by atoms with Crippen LogP contribution in [0.5, 0.6) is 0 Å². The van der Waals surface area contributed by atoms with Crippen molar-refractivity contribution in [3.05, 3.63) is 0 Å². The van der Waals surface area contributed by atoms with Crippen LogP contribution < -0.4 is 5.32 Å². The topological polar surface area (TPSA) is 52.6 Å². The van der Waals surface area contributed by atoms with E-state index >= 15 is 0 Å². The summed E-state index contributed by atoms with van der Waals surface area (Å²) >= 11 is 0. The van der Waals surface area contributed by atoms with Crippen molar-refractivity contribution in [2.24, 2.45) is 0 Å². The van der Waals surface area contributed by atoms with Gasteiger partial charge in [0.05, 0.1) is 6.10 Å². The van der Waals surface area contributed by atoms with Gasteiger partial charge in [0.1, 0.15) is 0 Å². The molecule has 1 heterocycles. The average molecular weight is 172 g/mol. The van der Waals surface area contributed by atoms with Crippen molar-refractivity contribution in [1.29, 1.82) is 0 Å². The summed E-state index contributed by atoms with van der Waals surface area (Å²) in [5.41, 5.74) is 0. The maximum Gasteiger partial charge on any atom is 0.317 e. The van der Waals surface area contributed by atoms with E-state index in [1.165, 1.54) is 0 Å². The zero-order chi connectivity index (χ0) is 9.14. The third-order valence-electron chi connectivity index (χ3n) is 1.86.